The van der Waals surface area contributed by atoms with E-state index in [9.17, 15) is 9.59 Å². The van der Waals surface area contributed by atoms with Crippen molar-refractivity contribution in [3.63, 3.8) is 0 Å². The number of rotatable bonds is 4. The van der Waals surface area contributed by atoms with Crippen molar-refractivity contribution in [2.24, 2.45) is 0 Å². The van der Waals surface area contributed by atoms with Crippen LogP contribution in [0.5, 0.6) is 0 Å². The number of anilines is 1. The van der Waals surface area contributed by atoms with Gasteiger partial charge in [0.05, 0.1) is 11.7 Å². The molecule has 1 heterocycles. The first-order valence-corrected chi connectivity index (χ1v) is 6.24. The van der Waals surface area contributed by atoms with Crippen molar-refractivity contribution >= 4 is 17.7 Å². The van der Waals surface area contributed by atoms with Crippen LogP contribution < -0.4 is 4.90 Å². The Kier molecular flexibility index (Phi) is 3.74. The van der Waals surface area contributed by atoms with Crippen LogP contribution in [0.15, 0.2) is 18.2 Å². The van der Waals surface area contributed by atoms with Gasteiger partial charge in [-0.2, -0.15) is 0 Å². The highest BCUT2D eigenvalue weighted by Gasteiger charge is 2.35. The molecule has 0 radical (unpaired) electrons. The number of aryl methyl sites for hydroxylation is 1. The lowest BCUT2D eigenvalue weighted by Gasteiger charge is -2.23. The Morgan fingerprint density at radius 1 is 1.47 bits per heavy atom. The van der Waals surface area contributed by atoms with Gasteiger partial charge in [-0.3, -0.25) is 9.69 Å². The summed E-state index contributed by atoms with van der Waals surface area (Å²) in [6.45, 7) is 4.18. The molecule has 19 heavy (non-hydrogen) atoms. The predicted molar refractivity (Wildman–Crippen MR) is 70.4 cm³/mol. The summed E-state index contributed by atoms with van der Waals surface area (Å²) in [6, 6.07) is 5.52. The van der Waals surface area contributed by atoms with E-state index in [2.05, 4.69) is 0 Å². The second-order valence-corrected chi connectivity index (χ2v) is 4.75. The van der Waals surface area contributed by atoms with Gasteiger partial charge in [-0.15, -0.1) is 0 Å². The zero-order valence-corrected chi connectivity index (χ0v) is 11.0. The Bertz CT molecular complexity index is 512. The summed E-state index contributed by atoms with van der Waals surface area (Å²) < 4.78 is 5.05. The third kappa shape index (κ3) is 2.70. The summed E-state index contributed by atoms with van der Waals surface area (Å²) in [5, 5.41) is 8.75. The van der Waals surface area contributed by atoms with Crippen molar-refractivity contribution in [2.75, 3.05) is 11.5 Å². The molecule has 0 saturated carbocycles. The molecule has 1 fully saturated rings. The number of cyclic esters (lactones) is 1. The van der Waals surface area contributed by atoms with Crippen molar-refractivity contribution in [2.45, 2.75) is 32.7 Å². The van der Waals surface area contributed by atoms with Crippen LogP contribution in [0.1, 0.15) is 24.0 Å². The topological polar surface area (TPSA) is 66.8 Å². The minimum Gasteiger partial charge on any atom is -0.481 e. The average molecular weight is 263 g/mol. The van der Waals surface area contributed by atoms with E-state index in [1.807, 2.05) is 32.0 Å². The van der Waals surface area contributed by atoms with Crippen LogP contribution in [0.3, 0.4) is 0 Å². The van der Waals surface area contributed by atoms with Gasteiger partial charge < -0.3 is 9.84 Å². The highest BCUT2D eigenvalue weighted by molar-refractivity contribution is 5.91. The maximum absolute atomic E-state index is 11.8. The number of carboxylic acids is 1. The van der Waals surface area contributed by atoms with Crippen molar-refractivity contribution in [1.29, 1.82) is 0 Å². The van der Waals surface area contributed by atoms with Gasteiger partial charge in [0.2, 0.25) is 0 Å². The molecule has 102 valence electrons. The van der Waals surface area contributed by atoms with E-state index in [4.69, 9.17) is 9.84 Å². The zero-order chi connectivity index (χ0) is 14.0. The number of ether oxygens (including phenoxy) is 1. The van der Waals surface area contributed by atoms with Crippen LogP contribution in [0.25, 0.3) is 0 Å². The molecule has 1 unspecified atom stereocenters. The third-order valence-electron chi connectivity index (χ3n) is 3.49. The SMILES string of the molecule is Cc1cccc(N2C(=O)OCC2CCC(=O)O)c1C. The molecule has 0 aromatic heterocycles. The molecule has 1 aliphatic heterocycles. The molecule has 5 nitrogen and oxygen atoms in total. The molecule has 5 heteroatoms. The van der Waals surface area contributed by atoms with Crippen molar-refractivity contribution in [1.82, 2.24) is 0 Å². The summed E-state index contributed by atoms with van der Waals surface area (Å²) in [5.41, 5.74) is 2.91. The number of nitrogens with zero attached hydrogens (tertiary/aromatic N) is 1. The second-order valence-electron chi connectivity index (χ2n) is 4.75. The minimum atomic E-state index is -0.861. The normalized spacial score (nSPS) is 18.5. The van der Waals surface area contributed by atoms with Crippen molar-refractivity contribution in [3.05, 3.63) is 29.3 Å². The Balaban J connectivity index is 2.26. The zero-order valence-electron chi connectivity index (χ0n) is 11.0. The molecule has 1 aliphatic rings. The fourth-order valence-corrected chi connectivity index (χ4v) is 2.25. The molecule has 1 aromatic carbocycles. The van der Waals surface area contributed by atoms with Gasteiger partial charge in [0, 0.05) is 6.42 Å². The fraction of sp³-hybridized carbons (Fsp3) is 0.429. The summed E-state index contributed by atoms with van der Waals surface area (Å²) in [4.78, 5) is 24.1. The molecule has 1 saturated heterocycles. The maximum atomic E-state index is 11.8. The first-order valence-electron chi connectivity index (χ1n) is 6.24. The lowest BCUT2D eigenvalue weighted by molar-refractivity contribution is -0.137. The third-order valence-corrected chi connectivity index (χ3v) is 3.49. The first kappa shape index (κ1) is 13.4. The molecule has 1 amide bonds. The van der Waals surface area contributed by atoms with E-state index >= 15 is 0 Å². The molecule has 2 rings (SSSR count). The Morgan fingerprint density at radius 3 is 2.89 bits per heavy atom. The maximum Gasteiger partial charge on any atom is 0.414 e. The lowest BCUT2D eigenvalue weighted by Crippen LogP contribution is -2.34. The van der Waals surface area contributed by atoms with Gasteiger partial charge in [0.15, 0.2) is 0 Å². The molecule has 0 bridgehead atoms. The molecule has 0 aliphatic carbocycles. The molecule has 0 spiro atoms. The summed E-state index contributed by atoms with van der Waals surface area (Å²) >= 11 is 0. The van der Waals surface area contributed by atoms with E-state index in [1.54, 1.807) is 4.90 Å². The van der Waals surface area contributed by atoms with Crippen LogP contribution in [-0.2, 0) is 9.53 Å². The Labute approximate surface area is 111 Å². The second kappa shape index (κ2) is 5.30. The van der Waals surface area contributed by atoms with Gasteiger partial charge in [0.1, 0.15) is 6.61 Å². The molecular weight excluding hydrogens is 246 g/mol. The van der Waals surface area contributed by atoms with Gasteiger partial charge in [-0.25, -0.2) is 4.79 Å². The summed E-state index contributed by atoms with van der Waals surface area (Å²) in [6.07, 6.45) is 0.0287. The molecule has 1 aromatic rings. The van der Waals surface area contributed by atoms with Crippen LogP contribution >= 0.6 is 0 Å². The van der Waals surface area contributed by atoms with Crippen LogP contribution in [-0.4, -0.2) is 29.8 Å². The number of carbonyl (C=O) groups is 2. The number of aliphatic carboxylic acids is 1. The quantitative estimate of drug-likeness (QED) is 0.906. The van der Waals surface area contributed by atoms with E-state index in [1.165, 1.54) is 0 Å². The number of carboxylic acid groups (broad SMARTS) is 1. The molecule has 1 atom stereocenters. The van der Waals surface area contributed by atoms with Crippen LogP contribution in [0, 0.1) is 13.8 Å². The number of hydrogen-bond donors (Lipinski definition) is 1. The minimum absolute atomic E-state index is 0.0304. The Hall–Kier alpha value is -2.04. The smallest absolute Gasteiger partial charge is 0.414 e. The number of hydrogen-bond acceptors (Lipinski definition) is 3. The number of carbonyl (C=O) groups excluding carboxylic acids is 1. The van der Waals surface area contributed by atoms with E-state index in [0.717, 1.165) is 16.8 Å². The van der Waals surface area contributed by atoms with Gasteiger partial charge in [-0.05, 0) is 37.5 Å². The first-order chi connectivity index (χ1) is 9.00. The highest BCUT2D eigenvalue weighted by Crippen LogP contribution is 2.29. The van der Waals surface area contributed by atoms with Crippen LogP contribution in [0.2, 0.25) is 0 Å². The van der Waals surface area contributed by atoms with Gasteiger partial charge >= 0.3 is 12.1 Å². The largest absolute Gasteiger partial charge is 0.481 e. The van der Waals surface area contributed by atoms with Gasteiger partial charge in [0.25, 0.3) is 0 Å². The van der Waals surface area contributed by atoms with Crippen LogP contribution in [0.4, 0.5) is 10.5 Å². The van der Waals surface area contributed by atoms with Crippen molar-refractivity contribution < 1.29 is 19.4 Å². The van der Waals surface area contributed by atoms with E-state index in [-0.39, 0.29) is 19.1 Å². The monoisotopic (exact) mass is 263 g/mol. The molecular formula is C14H17NO4. The number of amides is 1. The number of benzene rings is 1. The van der Waals surface area contributed by atoms with Gasteiger partial charge in [-0.1, -0.05) is 12.1 Å². The molecule has 1 N–H and O–H groups in total. The predicted octanol–water partition coefficient (Wildman–Crippen LogP) is 2.49. The van der Waals surface area contributed by atoms with Crippen molar-refractivity contribution in [3.8, 4) is 0 Å². The summed E-state index contributed by atoms with van der Waals surface area (Å²) in [7, 11) is 0. The fourth-order valence-electron chi connectivity index (χ4n) is 2.25. The van der Waals surface area contributed by atoms with E-state index in [0.29, 0.717) is 6.42 Å². The average Bonchev–Trinajstić information content (AvgIpc) is 2.72. The Morgan fingerprint density at radius 2 is 2.21 bits per heavy atom. The highest BCUT2D eigenvalue weighted by atomic mass is 16.6. The standard InChI is InChI=1S/C14H17NO4/c1-9-4-3-5-12(10(9)2)15-11(6-7-13(16)17)8-19-14(15)18/h3-5,11H,6-8H2,1-2H3,(H,16,17). The lowest BCUT2D eigenvalue weighted by atomic mass is 10.1. The van der Waals surface area contributed by atoms with E-state index < -0.39 is 12.1 Å². The summed E-state index contributed by atoms with van der Waals surface area (Å²) in [5.74, 6) is -0.861.